The van der Waals surface area contributed by atoms with Crippen LogP contribution in [-0.2, 0) is 11.2 Å². The van der Waals surface area contributed by atoms with Crippen LogP contribution in [0.25, 0.3) is 10.8 Å². The lowest BCUT2D eigenvalue weighted by Gasteiger charge is -2.10. The van der Waals surface area contributed by atoms with E-state index in [1.165, 1.54) is 6.07 Å². The van der Waals surface area contributed by atoms with Crippen LogP contribution in [0.1, 0.15) is 36.8 Å². The zero-order valence-electron chi connectivity index (χ0n) is 15.8. The molecule has 0 saturated heterocycles. The highest BCUT2D eigenvalue weighted by molar-refractivity contribution is 5.86. The first-order valence-electron chi connectivity index (χ1n) is 9.35. The number of benzene rings is 3. The Hall–Kier alpha value is -3.21. The van der Waals surface area contributed by atoms with Crippen molar-refractivity contribution in [2.24, 2.45) is 0 Å². The minimum Gasteiger partial charge on any atom is -0.504 e. The van der Waals surface area contributed by atoms with Crippen LogP contribution in [0.3, 0.4) is 0 Å². The quantitative estimate of drug-likeness (QED) is 0.384. The van der Waals surface area contributed by atoms with Gasteiger partial charge in [0.25, 0.3) is 0 Å². The van der Waals surface area contributed by atoms with Crippen LogP contribution in [0.15, 0.2) is 54.6 Å². The summed E-state index contributed by atoms with van der Waals surface area (Å²) in [5.74, 6) is -0.739. The minimum atomic E-state index is -0.835. The first kappa shape index (κ1) is 19.5. The van der Waals surface area contributed by atoms with E-state index in [4.69, 9.17) is 9.84 Å². The molecule has 0 aliphatic carbocycles. The molecule has 3 N–H and O–H groups in total. The maximum atomic E-state index is 11.1. The van der Waals surface area contributed by atoms with Crippen molar-refractivity contribution in [1.82, 2.24) is 0 Å². The van der Waals surface area contributed by atoms with Gasteiger partial charge in [0.15, 0.2) is 11.5 Å². The number of fused-ring (bicyclic) bond motifs is 1. The number of carboxylic acid groups (broad SMARTS) is 1. The number of rotatable bonds is 8. The summed E-state index contributed by atoms with van der Waals surface area (Å²) >= 11 is 0. The number of hydrogen-bond donors (Lipinski definition) is 3. The molecule has 0 saturated carbocycles. The summed E-state index contributed by atoms with van der Waals surface area (Å²) in [6, 6.07) is 16.4. The van der Waals surface area contributed by atoms with E-state index in [1.54, 1.807) is 19.1 Å². The number of carbonyl (C=O) groups is 1. The second kappa shape index (κ2) is 8.65. The second-order valence-corrected chi connectivity index (χ2v) is 6.92. The van der Waals surface area contributed by atoms with Crippen molar-refractivity contribution >= 4 is 16.7 Å². The summed E-state index contributed by atoms with van der Waals surface area (Å²) in [6.07, 6.45) is 2.33. The molecule has 0 amide bonds. The lowest BCUT2D eigenvalue weighted by Crippen LogP contribution is -2.07. The molecule has 0 aliphatic rings. The normalized spacial score (nSPS) is 12.0. The lowest BCUT2D eigenvalue weighted by atomic mass is 9.98. The fourth-order valence-corrected chi connectivity index (χ4v) is 3.13. The topological polar surface area (TPSA) is 87.0 Å². The summed E-state index contributed by atoms with van der Waals surface area (Å²) in [7, 11) is 0. The van der Waals surface area contributed by atoms with E-state index in [1.807, 2.05) is 36.4 Å². The highest BCUT2D eigenvalue weighted by Crippen LogP contribution is 2.29. The molecule has 5 heteroatoms. The van der Waals surface area contributed by atoms with Crippen molar-refractivity contribution in [3.8, 4) is 17.2 Å². The summed E-state index contributed by atoms with van der Waals surface area (Å²) < 4.78 is 5.82. The number of hydrogen-bond acceptors (Lipinski definition) is 4. The molecule has 3 aromatic rings. The number of phenols is 2. The molecule has 5 nitrogen and oxygen atoms in total. The highest BCUT2D eigenvalue weighted by Gasteiger charge is 2.13. The van der Waals surface area contributed by atoms with Crippen LogP contribution < -0.4 is 4.74 Å². The molecule has 3 rings (SSSR count). The smallest absolute Gasteiger partial charge is 0.310 e. The maximum Gasteiger partial charge on any atom is 0.310 e. The van der Waals surface area contributed by atoms with Crippen LogP contribution >= 0.6 is 0 Å². The monoisotopic (exact) mass is 380 g/mol. The molecule has 0 aromatic heterocycles. The van der Waals surface area contributed by atoms with Crippen molar-refractivity contribution < 1.29 is 24.9 Å². The number of phenolic OH excluding ortho intramolecular Hbond substituents is 2. The van der Waals surface area contributed by atoms with Gasteiger partial charge in [-0.3, -0.25) is 4.79 Å². The Morgan fingerprint density at radius 2 is 1.75 bits per heavy atom. The molecule has 0 radical (unpaired) electrons. The predicted molar refractivity (Wildman–Crippen MR) is 108 cm³/mol. The van der Waals surface area contributed by atoms with E-state index in [9.17, 15) is 15.0 Å². The first-order chi connectivity index (χ1) is 13.5. The van der Waals surface area contributed by atoms with Gasteiger partial charge in [-0.05, 0) is 66.3 Å². The average Bonchev–Trinajstić information content (AvgIpc) is 2.69. The zero-order valence-corrected chi connectivity index (χ0v) is 15.8. The highest BCUT2D eigenvalue weighted by atomic mass is 16.5. The van der Waals surface area contributed by atoms with Gasteiger partial charge in [-0.2, -0.15) is 0 Å². The Bertz CT molecular complexity index is 980. The summed E-state index contributed by atoms with van der Waals surface area (Å²) in [6.45, 7) is 2.23. The van der Waals surface area contributed by atoms with Gasteiger partial charge in [0.1, 0.15) is 5.75 Å². The summed E-state index contributed by atoms with van der Waals surface area (Å²) in [4.78, 5) is 11.1. The first-order valence-corrected chi connectivity index (χ1v) is 9.35. The van der Waals surface area contributed by atoms with E-state index < -0.39 is 11.9 Å². The number of carboxylic acids is 1. The predicted octanol–water partition coefficient (Wildman–Crippen LogP) is 4.84. The Balaban J connectivity index is 1.54. The van der Waals surface area contributed by atoms with E-state index in [-0.39, 0.29) is 11.5 Å². The van der Waals surface area contributed by atoms with Gasteiger partial charge in [-0.1, -0.05) is 36.4 Å². The molecular formula is C23H24O5. The average molecular weight is 380 g/mol. The summed E-state index contributed by atoms with van der Waals surface area (Å²) in [5, 5.41) is 30.4. The third-order valence-electron chi connectivity index (χ3n) is 4.91. The van der Waals surface area contributed by atoms with Crippen LogP contribution in [0.4, 0.5) is 0 Å². The number of unbranched alkanes of at least 4 members (excludes halogenated alkanes) is 1. The molecule has 0 fully saturated rings. The molecule has 146 valence electrons. The van der Waals surface area contributed by atoms with E-state index in [2.05, 4.69) is 0 Å². The maximum absolute atomic E-state index is 11.1. The third-order valence-corrected chi connectivity index (χ3v) is 4.91. The van der Waals surface area contributed by atoms with Gasteiger partial charge in [0.2, 0.25) is 0 Å². The fourth-order valence-electron chi connectivity index (χ4n) is 3.13. The Morgan fingerprint density at radius 1 is 1.00 bits per heavy atom. The van der Waals surface area contributed by atoms with Gasteiger partial charge in [-0.15, -0.1) is 0 Å². The molecule has 0 heterocycles. The number of aliphatic carboxylic acids is 1. The van der Waals surface area contributed by atoms with Crippen molar-refractivity contribution in [3.63, 3.8) is 0 Å². The molecule has 0 spiro atoms. The lowest BCUT2D eigenvalue weighted by molar-refractivity contribution is -0.138. The Morgan fingerprint density at radius 3 is 2.54 bits per heavy atom. The van der Waals surface area contributed by atoms with Gasteiger partial charge in [-0.25, -0.2) is 0 Å². The standard InChI is InChI=1S/C23H24O5/c1-15(23(26)27)17-8-9-19-14-20(11-10-18(19)13-17)28-12-3-2-5-16-6-4-7-21(24)22(16)25/h4,6-11,13-15,24-25H,2-3,5,12H2,1H3,(H,26,27)/t15-/m0/s1. The van der Waals surface area contributed by atoms with Gasteiger partial charge >= 0.3 is 5.97 Å². The second-order valence-electron chi connectivity index (χ2n) is 6.92. The van der Waals surface area contributed by atoms with Crippen molar-refractivity contribution in [2.75, 3.05) is 6.61 Å². The molecule has 0 unspecified atom stereocenters. The van der Waals surface area contributed by atoms with E-state index in [0.717, 1.165) is 40.5 Å². The van der Waals surface area contributed by atoms with Crippen molar-refractivity contribution in [2.45, 2.75) is 32.1 Å². The van der Waals surface area contributed by atoms with E-state index in [0.29, 0.717) is 13.0 Å². The van der Waals surface area contributed by atoms with Gasteiger partial charge in [0, 0.05) is 0 Å². The number of aryl methyl sites for hydroxylation is 1. The van der Waals surface area contributed by atoms with Crippen molar-refractivity contribution in [3.05, 3.63) is 65.7 Å². The van der Waals surface area contributed by atoms with Crippen LogP contribution in [0.5, 0.6) is 17.2 Å². The summed E-state index contributed by atoms with van der Waals surface area (Å²) in [5.41, 5.74) is 1.51. The molecule has 28 heavy (non-hydrogen) atoms. The number of aromatic hydroxyl groups is 2. The van der Waals surface area contributed by atoms with E-state index >= 15 is 0 Å². The third kappa shape index (κ3) is 4.55. The van der Waals surface area contributed by atoms with Crippen LogP contribution in [0.2, 0.25) is 0 Å². The molecule has 3 aromatic carbocycles. The fraction of sp³-hybridized carbons (Fsp3) is 0.261. The van der Waals surface area contributed by atoms with Gasteiger partial charge < -0.3 is 20.1 Å². The van der Waals surface area contributed by atoms with Crippen LogP contribution in [-0.4, -0.2) is 27.9 Å². The Labute approximate surface area is 163 Å². The molecule has 0 aliphatic heterocycles. The largest absolute Gasteiger partial charge is 0.504 e. The van der Waals surface area contributed by atoms with Crippen molar-refractivity contribution in [1.29, 1.82) is 0 Å². The van der Waals surface area contributed by atoms with Gasteiger partial charge in [0.05, 0.1) is 12.5 Å². The molecule has 1 atom stereocenters. The SMILES string of the molecule is C[C@H](C(=O)O)c1ccc2cc(OCCCCc3cccc(O)c3O)ccc2c1. The number of para-hydroxylation sites is 1. The zero-order chi connectivity index (χ0) is 20.1. The Kier molecular flexibility index (Phi) is 6.04. The molecule has 0 bridgehead atoms. The molecular weight excluding hydrogens is 356 g/mol. The number of ether oxygens (including phenoxy) is 1. The minimum absolute atomic E-state index is 0.0467. The van der Waals surface area contributed by atoms with Crippen LogP contribution in [0, 0.1) is 0 Å².